The number of Topliss-reactive ketones (excluding diaryl/α,β-unsaturated/α-hetero) is 1. The summed E-state index contributed by atoms with van der Waals surface area (Å²) < 4.78 is 22.3. The molecule has 0 fully saturated rings. The second-order valence-corrected chi connectivity index (χ2v) is 9.83. The molecule has 0 spiro atoms. The van der Waals surface area contributed by atoms with Gasteiger partial charge in [-0.1, -0.05) is 48.5 Å². The highest BCUT2D eigenvalue weighted by Crippen LogP contribution is 2.47. The third-order valence-electron chi connectivity index (χ3n) is 7.41. The molecular formula is C33H33NO6. The van der Waals surface area contributed by atoms with Crippen LogP contribution in [0.4, 0.5) is 0 Å². The van der Waals surface area contributed by atoms with Crippen LogP contribution in [0.1, 0.15) is 42.7 Å². The largest absolute Gasteiger partial charge is 0.497 e. The van der Waals surface area contributed by atoms with Crippen LogP contribution in [0.5, 0.6) is 17.2 Å². The number of ketones is 1. The average Bonchev–Trinajstić information content (AvgIpc) is 2.99. The molecule has 2 aliphatic rings. The van der Waals surface area contributed by atoms with Crippen molar-refractivity contribution in [1.29, 1.82) is 0 Å². The van der Waals surface area contributed by atoms with Gasteiger partial charge in [-0.2, -0.15) is 0 Å². The van der Waals surface area contributed by atoms with Crippen molar-refractivity contribution in [1.82, 2.24) is 5.32 Å². The van der Waals surface area contributed by atoms with Crippen LogP contribution in [-0.2, 0) is 14.3 Å². The van der Waals surface area contributed by atoms with E-state index in [-0.39, 0.29) is 24.9 Å². The Morgan fingerprint density at radius 2 is 1.57 bits per heavy atom. The van der Waals surface area contributed by atoms with Crippen LogP contribution >= 0.6 is 0 Å². The van der Waals surface area contributed by atoms with Crippen LogP contribution < -0.4 is 19.5 Å². The maximum Gasteiger partial charge on any atom is 0.336 e. The van der Waals surface area contributed by atoms with Gasteiger partial charge in [0.05, 0.1) is 25.7 Å². The maximum atomic E-state index is 13.9. The zero-order chi connectivity index (χ0) is 28.1. The molecule has 0 aromatic heterocycles. The highest BCUT2D eigenvalue weighted by atomic mass is 16.6. The highest BCUT2D eigenvalue weighted by Gasteiger charge is 2.42. The molecule has 0 saturated heterocycles. The van der Waals surface area contributed by atoms with Gasteiger partial charge in [-0.15, -0.1) is 0 Å². The summed E-state index contributed by atoms with van der Waals surface area (Å²) in [6, 6.07) is 24.7. The lowest BCUT2D eigenvalue weighted by Gasteiger charge is -2.37. The Morgan fingerprint density at radius 1 is 0.850 bits per heavy atom. The van der Waals surface area contributed by atoms with Crippen LogP contribution in [0.3, 0.4) is 0 Å². The highest BCUT2D eigenvalue weighted by molar-refractivity contribution is 6.04. The van der Waals surface area contributed by atoms with Gasteiger partial charge in [0.15, 0.2) is 5.78 Å². The standard InChI is InChI=1S/C33H33NO6/c1-21-30(33(36)40-18-17-39-25-9-5-4-6-10-25)31(26-11-7-8-12-29(26)38-3)32-27(34-21)19-23(20-28(32)35)22-13-15-24(37-2)16-14-22/h4-16,23,31,34H,17-20H2,1-3H3/t23-,31+/m0/s1. The fourth-order valence-electron chi connectivity index (χ4n) is 5.53. The molecule has 40 heavy (non-hydrogen) atoms. The van der Waals surface area contributed by atoms with E-state index >= 15 is 0 Å². The van der Waals surface area contributed by atoms with Crippen LogP contribution in [0, 0.1) is 0 Å². The number of benzene rings is 3. The topological polar surface area (TPSA) is 83.1 Å². The first kappa shape index (κ1) is 27.1. The lowest BCUT2D eigenvalue weighted by Crippen LogP contribution is -2.36. The Kier molecular flexibility index (Phi) is 8.20. The Balaban J connectivity index is 1.44. The van der Waals surface area contributed by atoms with Crippen molar-refractivity contribution in [3.63, 3.8) is 0 Å². The normalized spacial score (nSPS) is 18.5. The van der Waals surface area contributed by atoms with Crippen molar-refractivity contribution < 1.29 is 28.5 Å². The average molecular weight is 540 g/mol. The molecule has 0 radical (unpaired) electrons. The number of allylic oxidation sites excluding steroid dienone is 3. The van der Waals surface area contributed by atoms with Crippen molar-refractivity contribution in [2.45, 2.75) is 31.6 Å². The first-order chi connectivity index (χ1) is 19.5. The summed E-state index contributed by atoms with van der Waals surface area (Å²) in [7, 11) is 3.22. The summed E-state index contributed by atoms with van der Waals surface area (Å²) in [5.74, 6) is 0.989. The fraction of sp³-hybridized carbons (Fsp3) is 0.273. The maximum absolute atomic E-state index is 13.9. The third-order valence-corrected chi connectivity index (χ3v) is 7.41. The van der Waals surface area contributed by atoms with Gasteiger partial charge in [-0.3, -0.25) is 4.79 Å². The number of hydrogen-bond donors (Lipinski definition) is 1. The molecule has 206 valence electrons. The minimum atomic E-state index is -0.612. The van der Waals surface area contributed by atoms with Gasteiger partial charge < -0.3 is 24.3 Å². The van der Waals surface area contributed by atoms with Crippen molar-refractivity contribution in [3.05, 3.63) is 113 Å². The number of para-hydroxylation sites is 2. The first-order valence-corrected chi connectivity index (χ1v) is 13.4. The first-order valence-electron chi connectivity index (χ1n) is 13.4. The zero-order valence-corrected chi connectivity index (χ0v) is 22.9. The second-order valence-electron chi connectivity index (χ2n) is 9.83. The quantitative estimate of drug-likeness (QED) is 0.276. The second kappa shape index (κ2) is 12.1. The molecule has 0 amide bonds. The van der Waals surface area contributed by atoms with E-state index in [0.717, 1.165) is 22.6 Å². The van der Waals surface area contributed by atoms with Gasteiger partial charge in [-0.05, 0) is 55.2 Å². The van der Waals surface area contributed by atoms with E-state index in [4.69, 9.17) is 18.9 Å². The molecule has 1 heterocycles. The predicted octanol–water partition coefficient (Wildman–Crippen LogP) is 5.69. The summed E-state index contributed by atoms with van der Waals surface area (Å²) in [4.78, 5) is 27.4. The summed E-state index contributed by atoms with van der Waals surface area (Å²) in [6.45, 7) is 2.14. The molecule has 2 atom stereocenters. The van der Waals surface area contributed by atoms with E-state index in [2.05, 4.69) is 5.32 Å². The van der Waals surface area contributed by atoms with E-state index in [9.17, 15) is 9.59 Å². The fourth-order valence-corrected chi connectivity index (χ4v) is 5.53. The number of carbonyl (C=O) groups excluding carboxylic acids is 2. The van der Waals surface area contributed by atoms with Crippen molar-refractivity contribution in [3.8, 4) is 17.2 Å². The lowest BCUT2D eigenvalue weighted by molar-refractivity contribution is -0.140. The van der Waals surface area contributed by atoms with Crippen LogP contribution in [0.25, 0.3) is 0 Å². The van der Waals surface area contributed by atoms with Gasteiger partial charge in [-0.25, -0.2) is 4.79 Å². The molecule has 3 aromatic rings. The lowest BCUT2D eigenvalue weighted by atomic mass is 9.71. The number of nitrogens with one attached hydrogen (secondary N) is 1. The van der Waals surface area contributed by atoms with Gasteiger partial charge in [0.1, 0.15) is 30.5 Å². The molecule has 3 aromatic carbocycles. The number of carbonyl (C=O) groups is 2. The Labute approximate surface area is 234 Å². The molecule has 0 saturated carbocycles. The minimum absolute atomic E-state index is 0.00400. The number of methoxy groups -OCH3 is 2. The SMILES string of the molecule is COc1ccc([C@@H]2CC(=O)C3=C(C2)NC(C)=C(C(=O)OCCOc2ccccc2)[C@H]3c2ccccc2OC)cc1. The minimum Gasteiger partial charge on any atom is -0.497 e. The number of rotatable bonds is 9. The Morgan fingerprint density at radius 3 is 2.30 bits per heavy atom. The monoisotopic (exact) mass is 539 g/mol. The smallest absolute Gasteiger partial charge is 0.336 e. The number of dihydropyridines is 1. The third kappa shape index (κ3) is 5.59. The Hall–Kier alpha value is -4.52. The molecule has 7 heteroatoms. The summed E-state index contributed by atoms with van der Waals surface area (Å²) in [5, 5.41) is 3.40. The molecule has 5 rings (SSSR count). The molecule has 1 aliphatic heterocycles. The number of ether oxygens (including phenoxy) is 4. The van der Waals surface area contributed by atoms with Gasteiger partial charge >= 0.3 is 5.97 Å². The molecular weight excluding hydrogens is 506 g/mol. The van der Waals surface area contributed by atoms with Crippen molar-refractivity contribution in [2.24, 2.45) is 0 Å². The molecule has 1 aliphatic carbocycles. The van der Waals surface area contributed by atoms with Crippen LogP contribution in [0.15, 0.2) is 101 Å². The molecule has 7 nitrogen and oxygen atoms in total. The van der Waals surface area contributed by atoms with Gasteiger partial charge in [0.25, 0.3) is 0 Å². The Bertz CT molecular complexity index is 1440. The summed E-state index contributed by atoms with van der Waals surface area (Å²) in [6.07, 6.45) is 0.981. The van der Waals surface area contributed by atoms with E-state index in [1.165, 1.54) is 0 Å². The van der Waals surface area contributed by atoms with E-state index in [0.29, 0.717) is 41.2 Å². The summed E-state index contributed by atoms with van der Waals surface area (Å²) in [5.41, 5.74) is 4.30. The zero-order valence-electron chi connectivity index (χ0n) is 22.9. The van der Waals surface area contributed by atoms with E-state index in [1.807, 2.05) is 85.8 Å². The van der Waals surface area contributed by atoms with Gasteiger partial charge in [0, 0.05) is 29.0 Å². The number of hydrogen-bond acceptors (Lipinski definition) is 7. The summed E-state index contributed by atoms with van der Waals surface area (Å²) >= 11 is 0. The molecule has 0 bridgehead atoms. The molecule has 0 unspecified atom stereocenters. The van der Waals surface area contributed by atoms with E-state index in [1.54, 1.807) is 14.2 Å². The molecule has 1 N–H and O–H groups in total. The van der Waals surface area contributed by atoms with Crippen molar-refractivity contribution in [2.75, 3.05) is 27.4 Å². The van der Waals surface area contributed by atoms with Gasteiger partial charge in [0.2, 0.25) is 0 Å². The van der Waals surface area contributed by atoms with Crippen LogP contribution in [0.2, 0.25) is 0 Å². The predicted molar refractivity (Wildman–Crippen MR) is 151 cm³/mol. The van der Waals surface area contributed by atoms with Crippen LogP contribution in [-0.4, -0.2) is 39.2 Å². The number of esters is 1. The van der Waals surface area contributed by atoms with E-state index < -0.39 is 11.9 Å². The van der Waals surface area contributed by atoms with Crippen molar-refractivity contribution >= 4 is 11.8 Å².